The molecule has 0 spiro atoms. The van der Waals surface area contributed by atoms with E-state index in [9.17, 15) is 4.79 Å². The molecule has 1 fully saturated rings. The van der Waals surface area contributed by atoms with E-state index in [2.05, 4.69) is 20.8 Å². The Morgan fingerprint density at radius 3 is 2.68 bits per heavy atom. The number of carbonyl (C=O) groups is 1. The van der Waals surface area contributed by atoms with E-state index in [1.54, 1.807) is 6.20 Å². The second-order valence-corrected chi connectivity index (χ2v) is 5.42. The predicted molar refractivity (Wildman–Crippen MR) is 82.3 cm³/mol. The molecule has 22 heavy (non-hydrogen) atoms. The number of amides is 1. The molecule has 6 nitrogen and oxygen atoms in total. The van der Waals surface area contributed by atoms with Crippen molar-refractivity contribution in [3.63, 3.8) is 0 Å². The van der Waals surface area contributed by atoms with Crippen molar-refractivity contribution >= 4 is 5.91 Å². The van der Waals surface area contributed by atoms with Crippen LogP contribution in [0.3, 0.4) is 0 Å². The first-order valence-corrected chi connectivity index (χ1v) is 7.50. The third-order valence-corrected chi connectivity index (χ3v) is 3.88. The fourth-order valence-corrected chi connectivity index (χ4v) is 2.64. The largest absolute Gasteiger partial charge is 0.477 e. The maximum atomic E-state index is 12.7. The van der Waals surface area contributed by atoms with Gasteiger partial charge in [0.05, 0.1) is 12.2 Å². The second-order valence-electron chi connectivity index (χ2n) is 5.42. The van der Waals surface area contributed by atoms with Crippen molar-refractivity contribution in [3.8, 4) is 5.75 Å². The standard InChI is InChI=1S/C16H20N4O2/c21-15(18-12-13-6-9-19-20-13)16(7-10-17-11-8-16)22-14-4-2-1-3-5-14/h1-6,9,17H,7-8,10-12H2,(H,18,21)(H,19,20). The molecule has 0 atom stereocenters. The molecule has 1 aliphatic rings. The maximum Gasteiger partial charge on any atom is 0.264 e. The minimum Gasteiger partial charge on any atom is -0.477 e. The third kappa shape index (κ3) is 3.28. The van der Waals surface area contributed by atoms with Crippen molar-refractivity contribution in [2.24, 2.45) is 0 Å². The van der Waals surface area contributed by atoms with Gasteiger partial charge in [0.25, 0.3) is 5.91 Å². The molecule has 2 heterocycles. The molecule has 1 aliphatic heterocycles. The zero-order valence-electron chi connectivity index (χ0n) is 12.3. The Bertz CT molecular complexity index is 592. The molecular weight excluding hydrogens is 280 g/mol. The number of rotatable bonds is 5. The van der Waals surface area contributed by atoms with Crippen LogP contribution in [0.25, 0.3) is 0 Å². The van der Waals surface area contributed by atoms with Crippen molar-refractivity contribution in [2.45, 2.75) is 25.0 Å². The van der Waals surface area contributed by atoms with Gasteiger partial charge in [0, 0.05) is 19.0 Å². The van der Waals surface area contributed by atoms with E-state index in [4.69, 9.17) is 4.74 Å². The highest BCUT2D eigenvalue weighted by Crippen LogP contribution is 2.26. The van der Waals surface area contributed by atoms with Crippen LogP contribution in [-0.2, 0) is 11.3 Å². The van der Waals surface area contributed by atoms with Crippen LogP contribution in [0, 0.1) is 0 Å². The SMILES string of the molecule is O=C(NCc1ccn[nH]1)C1(Oc2ccccc2)CCNCC1. The first kappa shape index (κ1) is 14.6. The molecule has 0 aliphatic carbocycles. The van der Waals surface area contributed by atoms with Crippen LogP contribution in [0.5, 0.6) is 5.75 Å². The predicted octanol–water partition coefficient (Wildman–Crippen LogP) is 1.23. The number of nitrogens with zero attached hydrogens (tertiary/aromatic N) is 1. The van der Waals surface area contributed by atoms with Gasteiger partial charge in [0.1, 0.15) is 5.75 Å². The molecule has 1 amide bonds. The van der Waals surface area contributed by atoms with Crippen molar-refractivity contribution in [1.82, 2.24) is 20.8 Å². The van der Waals surface area contributed by atoms with Gasteiger partial charge in [0.15, 0.2) is 5.60 Å². The molecule has 116 valence electrons. The van der Waals surface area contributed by atoms with Gasteiger partial charge < -0.3 is 15.4 Å². The number of aromatic amines is 1. The molecular formula is C16H20N4O2. The van der Waals surface area contributed by atoms with Crippen LogP contribution < -0.4 is 15.4 Å². The van der Waals surface area contributed by atoms with Gasteiger partial charge in [-0.3, -0.25) is 9.89 Å². The molecule has 3 rings (SSSR count). The number of piperidine rings is 1. The monoisotopic (exact) mass is 300 g/mol. The highest BCUT2D eigenvalue weighted by Gasteiger charge is 2.41. The summed E-state index contributed by atoms with van der Waals surface area (Å²) < 4.78 is 6.10. The van der Waals surface area contributed by atoms with Crippen LogP contribution in [-0.4, -0.2) is 34.8 Å². The van der Waals surface area contributed by atoms with E-state index in [1.165, 1.54) is 0 Å². The Hall–Kier alpha value is -2.34. The molecule has 0 saturated carbocycles. The van der Waals surface area contributed by atoms with Crippen LogP contribution in [0.1, 0.15) is 18.5 Å². The highest BCUT2D eigenvalue weighted by atomic mass is 16.5. The van der Waals surface area contributed by atoms with E-state index in [-0.39, 0.29) is 5.91 Å². The topological polar surface area (TPSA) is 79.0 Å². The second kappa shape index (κ2) is 6.62. The minimum atomic E-state index is -0.813. The minimum absolute atomic E-state index is 0.0764. The van der Waals surface area contributed by atoms with E-state index < -0.39 is 5.60 Å². The lowest BCUT2D eigenvalue weighted by Gasteiger charge is -2.36. The molecule has 1 aromatic heterocycles. The number of carbonyl (C=O) groups excluding carboxylic acids is 1. The lowest BCUT2D eigenvalue weighted by molar-refractivity contribution is -0.139. The van der Waals surface area contributed by atoms with Crippen LogP contribution in [0.15, 0.2) is 42.6 Å². The quantitative estimate of drug-likeness (QED) is 0.776. The zero-order valence-corrected chi connectivity index (χ0v) is 12.3. The van der Waals surface area contributed by atoms with Crippen molar-refractivity contribution in [2.75, 3.05) is 13.1 Å². The van der Waals surface area contributed by atoms with E-state index in [0.717, 1.165) is 24.5 Å². The number of hydrogen-bond acceptors (Lipinski definition) is 4. The van der Waals surface area contributed by atoms with Gasteiger partial charge in [-0.25, -0.2) is 0 Å². The van der Waals surface area contributed by atoms with Crippen molar-refractivity contribution < 1.29 is 9.53 Å². The lowest BCUT2D eigenvalue weighted by Crippen LogP contribution is -2.56. The molecule has 0 unspecified atom stereocenters. The van der Waals surface area contributed by atoms with E-state index >= 15 is 0 Å². The number of aromatic nitrogens is 2. The Kier molecular flexibility index (Phi) is 4.39. The molecule has 0 bridgehead atoms. The zero-order chi connectivity index (χ0) is 15.3. The Balaban J connectivity index is 1.71. The van der Waals surface area contributed by atoms with Crippen LogP contribution in [0.4, 0.5) is 0 Å². The summed E-state index contributed by atoms with van der Waals surface area (Å²) in [6.07, 6.45) is 2.97. The molecule has 0 radical (unpaired) electrons. The van der Waals surface area contributed by atoms with E-state index in [1.807, 2.05) is 36.4 Å². The van der Waals surface area contributed by atoms with Gasteiger partial charge >= 0.3 is 0 Å². The summed E-state index contributed by atoms with van der Waals surface area (Å²) in [5.74, 6) is 0.647. The van der Waals surface area contributed by atoms with Gasteiger partial charge in [-0.15, -0.1) is 0 Å². The smallest absolute Gasteiger partial charge is 0.264 e. The van der Waals surface area contributed by atoms with Gasteiger partial charge in [0.2, 0.25) is 0 Å². The summed E-state index contributed by atoms with van der Waals surface area (Å²) in [7, 11) is 0. The normalized spacial score (nSPS) is 16.9. The fraction of sp³-hybridized carbons (Fsp3) is 0.375. The fourth-order valence-electron chi connectivity index (χ4n) is 2.64. The van der Waals surface area contributed by atoms with Crippen molar-refractivity contribution in [3.05, 3.63) is 48.3 Å². The summed E-state index contributed by atoms with van der Waals surface area (Å²) in [5.41, 5.74) is 0.0595. The van der Waals surface area contributed by atoms with Crippen molar-refractivity contribution in [1.29, 1.82) is 0 Å². The Morgan fingerprint density at radius 2 is 2.00 bits per heavy atom. The number of H-pyrrole nitrogens is 1. The Labute approximate surface area is 129 Å². The van der Waals surface area contributed by atoms with Crippen LogP contribution >= 0.6 is 0 Å². The number of hydrogen-bond donors (Lipinski definition) is 3. The molecule has 1 aromatic carbocycles. The number of para-hydroxylation sites is 1. The molecule has 2 aromatic rings. The molecule has 1 saturated heterocycles. The number of benzene rings is 1. The van der Waals surface area contributed by atoms with Gasteiger partial charge in [-0.05, 0) is 31.3 Å². The highest BCUT2D eigenvalue weighted by molar-refractivity contribution is 5.85. The molecule has 6 heteroatoms. The van der Waals surface area contributed by atoms with E-state index in [0.29, 0.717) is 19.4 Å². The maximum absolute atomic E-state index is 12.7. The summed E-state index contributed by atoms with van der Waals surface area (Å²) in [6, 6.07) is 11.4. The summed E-state index contributed by atoms with van der Waals surface area (Å²) in [5, 5.41) is 12.9. The van der Waals surface area contributed by atoms with Gasteiger partial charge in [-0.2, -0.15) is 5.10 Å². The number of ether oxygens (including phenoxy) is 1. The summed E-state index contributed by atoms with van der Waals surface area (Å²) >= 11 is 0. The summed E-state index contributed by atoms with van der Waals surface area (Å²) in [4.78, 5) is 12.7. The average molecular weight is 300 g/mol. The summed E-state index contributed by atoms with van der Waals surface area (Å²) in [6.45, 7) is 1.96. The lowest BCUT2D eigenvalue weighted by atomic mass is 9.91. The third-order valence-electron chi connectivity index (χ3n) is 3.88. The Morgan fingerprint density at radius 1 is 1.23 bits per heavy atom. The average Bonchev–Trinajstić information content (AvgIpc) is 3.08. The molecule has 3 N–H and O–H groups in total. The van der Waals surface area contributed by atoms with Gasteiger partial charge in [-0.1, -0.05) is 18.2 Å². The van der Waals surface area contributed by atoms with Crippen LogP contribution in [0.2, 0.25) is 0 Å². The first-order chi connectivity index (χ1) is 10.8. The first-order valence-electron chi connectivity index (χ1n) is 7.50. The number of nitrogens with one attached hydrogen (secondary N) is 3.